The van der Waals surface area contributed by atoms with Gasteiger partial charge in [0.2, 0.25) is 0 Å². The van der Waals surface area contributed by atoms with E-state index in [4.69, 9.17) is 9.47 Å². The van der Waals surface area contributed by atoms with Gasteiger partial charge in [0.1, 0.15) is 18.1 Å². The van der Waals surface area contributed by atoms with Crippen LogP contribution in [0.2, 0.25) is 0 Å². The fourth-order valence-corrected chi connectivity index (χ4v) is 2.79. The van der Waals surface area contributed by atoms with Crippen LogP contribution in [0.15, 0.2) is 48.5 Å². The minimum atomic E-state index is 0.550. The number of hydrogen-bond donors (Lipinski definition) is 0. The Morgan fingerprint density at radius 1 is 1.00 bits per heavy atom. The molecule has 0 aliphatic heterocycles. The summed E-state index contributed by atoms with van der Waals surface area (Å²) in [6.45, 7) is 5.77. The van der Waals surface area contributed by atoms with E-state index in [1.165, 1.54) is 22.2 Å². The summed E-state index contributed by atoms with van der Waals surface area (Å²) >= 11 is 0. The zero-order valence-corrected chi connectivity index (χ0v) is 13.3. The second kappa shape index (κ2) is 6.14. The molecular weight excluding hydrogens is 274 g/mol. The first-order valence-electron chi connectivity index (χ1n) is 7.57. The Hall–Kier alpha value is -2.42. The lowest BCUT2D eigenvalue weighted by atomic mass is 10.2. The summed E-state index contributed by atoms with van der Waals surface area (Å²) in [5.74, 6) is 1.63. The third-order valence-electron chi connectivity index (χ3n) is 3.89. The molecule has 3 nitrogen and oxygen atoms in total. The molecule has 0 amide bonds. The van der Waals surface area contributed by atoms with Crippen LogP contribution in [-0.2, 0) is 13.2 Å². The Balaban J connectivity index is 1.86. The zero-order valence-electron chi connectivity index (χ0n) is 13.3. The molecule has 114 valence electrons. The van der Waals surface area contributed by atoms with E-state index in [9.17, 15) is 0 Å². The molecular formula is C19H21NO2. The number of aromatic nitrogens is 1. The molecule has 22 heavy (non-hydrogen) atoms. The third kappa shape index (κ3) is 2.80. The second-order valence-corrected chi connectivity index (χ2v) is 5.41. The van der Waals surface area contributed by atoms with Crippen LogP contribution >= 0.6 is 0 Å². The smallest absolute Gasteiger partial charge is 0.128 e. The van der Waals surface area contributed by atoms with E-state index in [-0.39, 0.29) is 0 Å². The minimum Gasteiger partial charge on any atom is -0.497 e. The van der Waals surface area contributed by atoms with Gasteiger partial charge in [0.15, 0.2) is 0 Å². The minimum absolute atomic E-state index is 0.550. The summed E-state index contributed by atoms with van der Waals surface area (Å²) in [7, 11) is 1.66. The summed E-state index contributed by atoms with van der Waals surface area (Å²) in [5, 5.41) is 1.27. The largest absolute Gasteiger partial charge is 0.497 e. The van der Waals surface area contributed by atoms with Crippen molar-refractivity contribution in [3.05, 3.63) is 59.8 Å². The number of aryl methyl sites for hydroxylation is 2. The van der Waals surface area contributed by atoms with Gasteiger partial charge in [0.05, 0.1) is 12.8 Å². The maximum Gasteiger partial charge on any atom is 0.128 e. The lowest BCUT2D eigenvalue weighted by molar-refractivity contribution is 0.294. The number of fused-ring (bicyclic) bond motifs is 1. The molecule has 0 saturated carbocycles. The van der Waals surface area contributed by atoms with E-state index in [2.05, 4.69) is 42.7 Å². The van der Waals surface area contributed by atoms with Gasteiger partial charge in [-0.25, -0.2) is 0 Å². The van der Waals surface area contributed by atoms with Crippen LogP contribution in [0, 0.1) is 6.92 Å². The summed E-state index contributed by atoms with van der Waals surface area (Å²) in [6, 6.07) is 16.5. The van der Waals surface area contributed by atoms with Crippen molar-refractivity contribution < 1.29 is 9.47 Å². The van der Waals surface area contributed by atoms with E-state index in [1.54, 1.807) is 7.11 Å². The molecule has 3 heteroatoms. The molecule has 0 aliphatic rings. The standard InChI is InChI=1S/C19H21NO2/c1-4-20-16(11-15-10-14(2)8-9-19(15)20)13-22-18-7-5-6-17(12-18)21-3/h5-12H,4,13H2,1-3H3. The van der Waals surface area contributed by atoms with Crippen LogP contribution in [0.3, 0.4) is 0 Å². The molecule has 0 unspecified atom stereocenters. The molecule has 0 N–H and O–H groups in total. The molecule has 2 aromatic carbocycles. The van der Waals surface area contributed by atoms with Crippen LogP contribution < -0.4 is 9.47 Å². The number of methoxy groups -OCH3 is 1. The van der Waals surface area contributed by atoms with Crippen LogP contribution in [0.1, 0.15) is 18.2 Å². The van der Waals surface area contributed by atoms with Crippen molar-refractivity contribution in [3.8, 4) is 11.5 Å². The third-order valence-corrected chi connectivity index (χ3v) is 3.89. The van der Waals surface area contributed by atoms with Crippen molar-refractivity contribution in [2.75, 3.05) is 7.11 Å². The first kappa shape index (κ1) is 14.5. The van der Waals surface area contributed by atoms with Crippen molar-refractivity contribution in [2.45, 2.75) is 27.0 Å². The Morgan fingerprint density at radius 2 is 1.82 bits per heavy atom. The lowest BCUT2D eigenvalue weighted by Crippen LogP contribution is -2.04. The summed E-state index contributed by atoms with van der Waals surface area (Å²) in [4.78, 5) is 0. The van der Waals surface area contributed by atoms with Gasteiger partial charge in [-0.3, -0.25) is 0 Å². The summed E-state index contributed by atoms with van der Waals surface area (Å²) in [5.41, 5.74) is 3.73. The molecule has 1 aromatic heterocycles. The van der Waals surface area contributed by atoms with Gasteiger partial charge in [0, 0.05) is 23.5 Å². The van der Waals surface area contributed by atoms with Crippen molar-refractivity contribution >= 4 is 10.9 Å². The van der Waals surface area contributed by atoms with Crippen LogP contribution in [-0.4, -0.2) is 11.7 Å². The van der Waals surface area contributed by atoms with E-state index in [0.717, 1.165) is 18.0 Å². The number of hydrogen-bond acceptors (Lipinski definition) is 2. The van der Waals surface area contributed by atoms with Gasteiger partial charge < -0.3 is 14.0 Å². The predicted octanol–water partition coefficient (Wildman–Crippen LogP) is 4.56. The van der Waals surface area contributed by atoms with Gasteiger partial charge in [-0.1, -0.05) is 17.7 Å². The van der Waals surface area contributed by atoms with Gasteiger partial charge >= 0.3 is 0 Å². The average Bonchev–Trinajstić information content (AvgIpc) is 2.89. The first-order chi connectivity index (χ1) is 10.7. The monoisotopic (exact) mass is 295 g/mol. The molecule has 0 radical (unpaired) electrons. The van der Waals surface area contributed by atoms with E-state index in [0.29, 0.717) is 6.61 Å². The first-order valence-corrected chi connectivity index (χ1v) is 7.57. The Morgan fingerprint density at radius 3 is 2.59 bits per heavy atom. The van der Waals surface area contributed by atoms with Crippen LogP contribution in [0.25, 0.3) is 10.9 Å². The summed E-state index contributed by atoms with van der Waals surface area (Å²) in [6.07, 6.45) is 0. The highest BCUT2D eigenvalue weighted by Crippen LogP contribution is 2.24. The fraction of sp³-hybridized carbons (Fsp3) is 0.263. The van der Waals surface area contributed by atoms with Gasteiger partial charge in [-0.2, -0.15) is 0 Å². The molecule has 0 atom stereocenters. The van der Waals surface area contributed by atoms with Gasteiger partial charge in [0.25, 0.3) is 0 Å². The fourth-order valence-electron chi connectivity index (χ4n) is 2.79. The van der Waals surface area contributed by atoms with Gasteiger partial charge in [-0.15, -0.1) is 0 Å². The highest BCUT2D eigenvalue weighted by Gasteiger charge is 2.08. The maximum absolute atomic E-state index is 5.94. The lowest BCUT2D eigenvalue weighted by Gasteiger charge is -2.10. The van der Waals surface area contributed by atoms with Crippen LogP contribution in [0.4, 0.5) is 0 Å². The summed E-state index contributed by atoms with van der Waals surface area (Å²) < 4.78 is 13.5. The van der Waals surface area contributed by atoms with E-state index in [1.807, 2.05) is 24.3 Å². The van der Waals surface area contributed by atoms with E-state index >= 15 is 0 Å². The van der Waals surface area contributed by atoms with Crippen LogP contribution in [0.5, 0.6) is 11.5 Å². The molecule has 0 bridgehead atoms. The molecule has 0 spiro atoms. The van der Waals surface area contributed by atoms with Gasteiger partial charge in [-0.05, 0) is 44.2 Å². The van der Waals surface area contributed by atoms with Crippen molar-refractivity contribution in [3.63, 3.8) is 0 Å². The van der Waals surface area contributed by atoms with Crippen molar-refractivity contribution in [1.82, 2.24) is 4.57 Å². The highest BCUT2D eigenvalue weighted by atomic mass is 16.5. The zero-order chi connectivity index (χ0) is 15.5. The number of benzene rings is 2. The topological polar surface area (TPSA) is 23.4 Å². The Bertz CT molecular complexity index is 789. The SMILES string of the molecule is CCn1c(COc2cccc(OC)c2)cc2cc(C)ccc21. The molecule has 3 rings (SSSR count). The molecule has 3 aromatic rings. The maximum atomic E-state index is 5.94. The molecule has 0 aliphatic carbocycles. The number of rotatable bonds is 5. The quantitative estimate of drug-likeness (QED) is 0.689. The van der Waals surface area contributed by atoms with E-state index < -0.39 is 0 Å². The Kier molecular flexibility index (Phi) is 4.05. The number of nitrogens with zero attached hydrogens (tertiary/aromatic N) is 1. The second-order valence-electron chi connectivity index (χ2n) is 5.41. The molecule has 1 heterocycles. The van der Waals surface area contributed by atoms with Crippen molar-refractivity contribution in [2.24, 2.45) is 0 Å². The predicted molar refractivity (Wildman–Crippen MR) is 89.7 cm³/mol. The highest BCUT2D eigenvalue weighted by molar-refractivity contribution is 5.82. The average molecular weight is 295 g/mol. The van der Waals surface area contributed by atoms with Crippen molar-refractivity contribution in [1.29, 1.82) is 0 Å². The molecule has 0 saturated heterocycles. The molecule has 0 fully saturated rings. The normalized spacial score (nSPS) is 10.9. The Labute approximate surface area is 131 Å². The number of ether oxygens (including phenoxy) is 2.